The maximum absolute atomic E-state index is 10.7. The van der Waals surface area contributed by atoms with Crippen molar-refractivity contribution in [2.45, 2.75) is 0 Å². The summed E-state index contributed by atoms with van der Waals surface area (Å²) >= 11 is 0. The minimum Gasteiger partial charge on any atom is -0.398 e. The second-order valence-corrected chi connectivity index (χ2v) is 4.33. The average Bonchev–Trinajstić information content (AvgIpc) is 3.07. The second kappa shape index (κ2) is 4.71. The molecule has 0 aliphatic rings. The van der Waals surface area contributed by atoms with E-state index in [9.17, 15) is 10.1 Å². The fourth-order valence-electron chi connectivity index (χ4n) is 1.83. The molecule has 1 aromatic carbocycles. The molecule has 0 spiro atoms. The van der Waals surface area contributed by atoms with E-state index >= 15 is 0 Å². The maximum Gasteiger partial charge on any atom is 0.271 e. The zero-order valence-electron chi connectivity index (χ0n) is 10.9. The third-order valence-electron chi connectivity index (χ3n) is 2.85. The zero-order valence-corrected chi connectivity index (χ0v) is 10.9. The summed E-state index contributed by atoms with van der Waals surface area (Å²) in [6, 6.07) is 5.80. The first-order valence-corrected chi connectivity index (χ1v) is 5.92. The lowest BCUT2D eigenvalue weighted by Crippen LogP contribution is -1.94. The van der Waals surface area contributed by atoms with Gasteiger partial charge in [0.05, 0.1) is 16.2 Å². The number of aromatic nitrogens is 4. The number of aryl methyl sites for hydroxylation is 1. The van der Waals surface area contributed by atoms with E-state index in [1.165, 1.54) is 18.2 Å². The monoisotopic (exact) mass is 286 g/mol. The number of nitrogens with two attached hydrogens (primary N) is 1. The van der Waals surface area contributed by atoms with Crippen LogP contribution in [0.15, 0.2) is 35.0 Å². The summed E-state index contributed by atoms with van der Waals surface area (Å²) in [6.07, 6.45) is 1.76. The van der Waals surface area contributed by atoms with Crippen LogP contribution in [0.4, 0.5) is 11.4 Å². The fraction of sp³-hybridized carbons (Fsp3) is 0.0833. The predicted octanol–water partition coefficient (Wildman–Crippen LogP) is 1.63. The molecule has 3 rings (SSSR count). The van der Waals surface area contributed by atoms with E-state index < -0.39 is 4.92 Å². The van der Waals surface area contributed by atoms with Crippen molar-refractivity contribution >= 4 is 11.4 Å². The number of nitro benzene ring substituents is 1. The summed E-state index contributed by atoms with van der Waals surface area (Å²) < 4.78 is 6.75. The number of nitrogen functional groups attached to an aromatic ring is 1. The van der Waals surface area contributed by atoms with Gasteiger partial charge in [0.1, 0.15) is 5.69 Å². The van der Waals surface area contributed by atoms with Gasteiger partial charge in [0.15, 0.2) is 0 Å². The summed E-state index contributed by atoms with van der Waals surface area (Å²) in [6.45, 7) is 0. The lowest BCUT2D eigenvalue weighted by Gasteiger charge is -1.99. The van der Waals surface area contributed by atoms with E-state index in [-0.39, 0.29) is 17.3 Å². The van der Waals surface area contributed by atoms with E-state index in [2.05, 4.69) is 15.2 Å². The first-order valence-electron chi connectivity index (χ1n) is 5.92. The molecular formula is C12H10N6O3. The molecule has 0 amide bonds. The molecule has 0 aliphatic carbocycles. The van der Waals surface area contributed by atoms with Gasteiger partial charge in [-0.3, -0.25) is 14.8 Å². The van der Waals surface area contributed by atoms with E-state index in [1.54, 1.807) is 24.0 Å². The molecule has 0 fully saturated rings. The SMILES string of the molecule is Cn1ccc(-c2noc(-c3ccc([N+](=O)[O-])cc3N)n2)n1. The standard InChI is InChI=1S/C12H10N6O3/c1-17-5-4-10(15-17)11-14-12(21-16-11)8-3-2-7(18(19)20)6-9(8)13/h2-6H,13H2,1H3. The molecule has 0 saturated heterocycles. The number of nitrogens with zero attached hydrogens (tertiary/aromatic N) is 5. The van der Waals surface area contributed by atoms with Crippen LogP contribution >= 0.6 is 0 Å². The number of non-ortho nitro benzene ring substituents is 1. The maximum atomic E-state index is 10.7. The third-order valence-corrected chi connectivity index (χ3v) is 2.85. The van der Waals surface area contributed by atoms with Gasteiger partial charge >= 0.3 is 0 Å². The van der Waals surface area contributed by atoms with Crippen molar-refractivity contribution in [3.63, 3.8) is 0 Å². The highest BCUT2D eigenvalue weighted by molar-refractivity contribution is 5.73. The Morgan fingerprint density at radius 1 is 1.38 bits per heavy atom. The molecule has 3 aromatic rings. The fourth-order valence-corrected chi connectivity index (χ4v) is 1.83. The van der Waals surface area contributed by atoms with Crippen LogP contribution in [0, 0.1) is 10.1 Å². The van der Waals surface area contributed by atoms with Gasteiger partial charge in [0, 0.05) is 25.4 Å². The minimum absolute atomic E-state index is 0.0966. The molecule has 0 unspecified atom stereocenters. The van der Waals surface area contributed by atoms with Gasteiger partial charge in [-0.15, -0.1) is 0 Å². The molecule has 2 aromatic heterocycles. The van der Waals surface area contributed by atoms with Gasteiger partial charge in [-0.1, -0.05) is 5.16 Å². The van der Waals surface area contributed by atoms with Gasteiger partial charge in [0.2, 0.25) is 5.82 Å². The van der Waals surface area contributed by atoms with Gasteiger partial charge in [-0.2, -0.15) is 10.1 Å². The Morgan fingerprint density at radius 2 is 2.19 bits per heavy atom. The Kier molecular flexibility index (Phi) is 2.87. The zero-order chi connectivity index (χ0) is 15.0. The number of nitro groups is 1. The van der Waals surface area contributed by atoms with Crippen molar-refractivity contribution in [3.05, 3.63) is 40.6 Å². The highest BCUT2D eigenvalue weighted by Gasteiger charge is 2.16. The van der Waals surface area contributed by atoms with E-state index in [0.29, 0.717) is 17.1 Å². The first-order chi connectivity index (χ1) is 10.0. The number of rotatable bonds is 3. The van der Waals surface area contributed by atoms with Crippen LogP contribution in [0.3, 0.4) is 0 Å². The molecule has 9 heteroatoms. The summed E-state index contributed by atoms with van der Waals surface area (Å²) in [5.41, 5.74) is 6.89. The Labute approximate surface area is 118 Å². The van der Waals surface area contributed by atoms with Crippen molar-refractivity contribution < 1.29 is 9.45 Å². The lowest BCUT2D eigenvalue weighted by molar-refractivity contribution is -0.384. The van der Waals surface area contributed by atoms with E-state index in [1.807, 2.05) is 0 Å². The highest BCUT2D eigenvalue weighted by atomic mass is 16.6. The molecule has 0 aliphatic heterocycles. The Bertz CT molecular complexity index is 822. The third kappa shape index (κ3) is 2.31. The minimum atomic E-state index is -0.521. The quantitative estimate of drug-likeness (QED) is 0.440. The summed E-state index contributed by atoms with van der Waals surface area (Å²) in [5, 5.41) is 18.7. The largest absolute Gasteiger partial charge is 0.398 e. The number of benzene rings is 1. The van der Waals surface area contributed by atoms with Crippen molar-refractivity contribution in [2.75, 3.05) is 5.73 Å². The van der Waals surface area contributed by atoms with Crippen LogP contribution in [-0.2, 0) is 7.05 Å². The molecule has 106 valence electrons. The average molecular weight is 286 g/mol. The highest BCUT2D eigenvalue weighted by Crippen LogP contribution is 2.29. The number of hydrogen-bond acceptors (Lipinski definition) is 7. The Morgan fingerprint density at radius 3 is 2.81 bits per heavy atom. The molecule has 0 atom stereocenters. The molecule has 2 heterocycles. The molecule has 0 bridgehead atoms. The van der Waals surface area contributed by atoms with Crippen LogP contribution in [0.1, 0.15) is 0 Å². The van der Waals surface area contributed by atoms with Crippen LogP contribution in [-0.4, -0.2) is 24.8 Å². The van der Waals surface area contributed by atoms with Crippen molar-refractivity contribution in [1.82, 2.24) is 19.9 Å². The van der Waals surface area contributed by atoms with Gasteiger partial charge in [-0.25, -0.2) is 0 Å². The summed E-state index contributed by atoms with van der Waals surface area (Å²) in [4.78, 5) is 14.4. The topological polar surface area (TPSA) is 126 Å². The predicted molar refractivity (Wildman–Crippen MR) is 73.0 cm³/mol. The van der Waals surface area contributed by atoms with Crippen LogP contribution in [0.5, 0.6) is 0 Å². The summed E-state index contributed by atoms with van der Waals surface area (Å²) in [7, 11) is 1.78. The molecule has 9 nitrogen and oxygen atoms in total. The van der Waals surface area contributed by atoms with Gasteiger partial charge < -0.3 is 10.3 Å². The lowest BCUT2D eigenvalue weighted by atomic mass is 10.1. The van der Waals surface area contributed by atoms with Gasteiger partial charge in [-0.05, 0) is 12.1 Å². The molecular weight excluding hydrogens is 276 g/mol. The van der Waals surface area contributed by atoms with Crippen molar-refractivity contribution in [3.8, 4) is 23.0 Å². The Hall–Kier alpha value is -3.23. The van der Waals surface area contributed by atoms with E-state index in [4.69, 9.17) is 10.3 Å². The number of hydrogen-bond donors (Lipinski definition) is 1. The normalized spacial score (nSPS) is 10.7. The number of anilines is 1. The molecule has 2 N–H and O–H groups in total. The second-order valence-electron chi connectivity index (χ2n) is 4.33. The van der Waals surface area contributed by atoms with E-state index in [0.717, 1.165) is 0 Å². The molecule has 21 heavy (non-hydrogen) atoms. The van der Waals surface area contributed by atoms with Crippen molar-refractivity contribution in [1.29, 1.82) is 0 Å². The Balaban J connectivity index is 1.98. The van der Waals surface area contributed by atoms with Crippen LogP contribution in [0.2, 0.25) is 0 Å². The van der Waals surface area contributed by atoms with Crippen LogP contribution in [0.25, 0.3) is 23.0 Å². The summed E-state index contributed by atoms with van der Waals surface area (Å²) in [5.74, 6) is 0.506. The first kappa shape index (κ1) is 12.8. The molecule has 0 saturated carbocycles. The smallest absolute Gasteiger partial charge is 0.271 e. The van der Waals surface area contributed by atoms with Gasteiger partial charge in [0.25, 0.3) is 11.6 Å². The molecule has 0 radical (unpaired) electrons. The van der Waals surface area contributed by atoms with Crippen LogP contribution < -0.4 is 5.73 Å². The van der Waals surface area contributed by atoms with Crippen molar-refractivity contribution in [2.24, 2.45) is 7.05 Å².